The van der Waals surface area contributed by atoms with E-state index in [-0.39, 0.29) is 41.4 Å². The topological polar surface area (TPSA) is 69.7 Å². The van der Waals surface area contributed by atoms with E-state index in [4.69, 9.17) is 11.6 Å². The Morgan fingerprint density at radius 2 is 1.75 bits per heavy atom. The van der Waals surface area contributed by atoms with Crippen LogP contribution in [0.4, 0.5) is 10.1 Å². The Labute approximate surface area is 213 Å². The van der Waals surface area contributed by atoms with Gasteiger partial charge in [-0.15, -0.1) is 0 Å². The molecule has 0 aromatic heterocycles. The summed E-state index contributed by atoms with van der Waals surface area (Å²) < 4.78 is 14.5. The van der Waals surface area contributed by atoms with Gasteiger partial charge in [0.25, 0.3) is 5.91 Å². The van der Waals surface area contributed by atoms with Gasteiger partial charge >= 0.3 is 0 Å². The van der Waals surface area contributed by atoms with Gasteiger partial charge in [0.15, 0.2) is 0 Å². The van der Waals surface area contributed by atoms with E-state index >= 15 is 0 Å². The van der Waals surface area contributed by atoms with Crippen LogP contribution in [0.25, 0.3) is 11.1 Å². The largest absolute Gasteiger partial charge is 0.338 e. The summed E-state index contributed by atoms with van der Waals surface area (Å²) in [5, 5.41) is 3.11. The van der Waals surface area contributed by atoms with Gasteiger partial charge in [0, 0.05) is 23.7 Å². The maximum atomic E-state index is 14.5. The van der Waals surface area contributed by atoms with Crippen LogP contribution >= 0.6 is 11.6 Å². The number of anilines is 1. The number of hydrogen-bond acceptors (Lipinski definition) is 3. The first-order valence-corrected chi connectivity index (χ1v) is 12.1. The zero-order valence-electron chi connectivity index (χ0n) is 19.9. The number of halogens is 2. The maximum Gasteiger partial charge on any atom is 0.256 e. The summed E-state index contributed by atoms with van der Waals surface area (Å²) in [5.41, 5.74) is 1.55. The molecule has 2 aliphatic rings. The van der Waals surface area contributed by atoms with Crippen LogP contribution in [0.15, 0.2) is 66.7 Å². The van der Waals surface area contributed by atoms with Crippen molar-refractivity contribution in [2.45, 2.75) is 25.3 Å². The summed E-state index contributed by atoms with van der Waals surface area (Å²) in [7, 11) is 0. The number of piperazine rings is 1. The molecule has 8 heteroatoms. The molecule has 1 fully saturated rings. The van der Waals surface area contributed by atoms with Crippen LogP contribution in [-0.2, 0) is 15.0 Å². The molecule has 184 valence electrons. The SMILES string of the molecule is CC(C)(C(=O)N1CCN2C(=O)c3cc(-c4ccc(Cl)cc4F)ccc3NC(=O)C2C1)c1ccccc1. The lowest BCUT2D eigenvalue weighted by Crippen LogP contribution is -2.61. The third-order valence-electron chi connectivity index (χ3n) is 7.01. The average Bonchev–Trinajstić information content (AvgIpc) is 2.98. The van der Waals surface area contributed by atoms with Gasteiger partial charge in [-0.1, -0.05) is 48.0 Å². The normalized spacial score (nSPS) is 17.7. The molecule has 1 atom stereocenters. The number of amides is 3. The van der Waals surface area contributed by atoms with Gasteiger partial charge in [-0.2, -0.15) is 0 Å². The zero-order valence-corrected chi connectivity index (χ0v) is 20.7. The molecule has 2 heterocycles. The summed E-state index contributed by atoms with van der Waals surface area (Å²) in [6, 6.07) is 17.9. The van der Waals surface area contributed by atoms with Crippen LogP contribution in [0.5, 0.6) is 0 Å². The number of nitrogens with one attached hydrogen (secondary N) is 1. The first-order valence-electron chi connectivity index (χ1n) is 11.7. The predicted molar refractivity (Wildman–Crippen MR) is 136 cm³/mol. The molecular weight excluding hydrogens is 481 g/mol. The minimum absolute atomic E-state index is 0.0966. The number of hydrogen-bond donors (Lipinski definition) is 1. The Hall–Kier alpha value is -3.71. The highest BCUT2D eigenvalue weighted by Gasteiger charge is 2.43. The fourth-order valence-electron chi connectivity index (χ4n) is 4.90. The molecule has 6 nitrogen and oxygen atoms in total. The molecule has 2 aliphatic heterocycles. The average molecular weight is 506 g/mol. The van der Waals surface area contributed by atoms with Crippen molar-refractivity contribution in [1.82, 2.24) is 9.80 Å². The van der Waals surface area contributed by atoms with Crippen molar-refractivity contribution < 1.29 is 18.8 Å². The van der Waals surface area contributed by atoms with Crippen LogP contribution in [0.1, 0.15) is 29.8 Å². The van der Waals surface area contributed by atoms with Crippen molar-refractivity contribution in [2.75, 3.05) is 25.0 Å². The van der Waals surface area contributed by atoms with Gasteiger partial charge in [0.2, 0.25) is 11.8 Å². The number of benzene rings is 3. The van der Waals surface area contributed by atoms with E-state index in [1.54, 1.807) is 35.2 Å². The lowest BCUT2D eigenvalue weighted by atomic mass is 9.83. The molecule has 3 aromatic rings. The third-order valence-corrected chi connectivity index (χ3v) is 7.25. The fourth-order valence-corrected chi connectivity index (χ4v) is 5.06. The first-order chi connectivity index (χ1) is 17.2. The highest BCUT2D eigenvalue weighted by molar-refractivity contribution is 6.30. The number of nitrogens with zero attached hydrogens (tertiary/aromatic N) is 2. The van der Waals surface area contributed by atoms with Crippen molar-refractivity contribution >= 4 is 35.0 Å². The molecule has 36 heavy (non-hydrogen) atoms. The summed E-state index contributed by atoms with van der Waals surface area (Å²) >= 11 is 5.88. The monoisotopic (exact) mass is 505 g/mol. The quantitative estimate of drug-likeness (QED) is 0.559. The third kappa shape index (κ3) is 4.13. The second kappa shape index (κ2) is 9.06. The molecule has 5 rings (SSSR count). The van der Waals surface area contributed by atoms with Crippen LogP contribution in [0.3, 0.4) is 0 Å². The lowest BCUT2D eigenvalue weighted by Gasteiger charge is -2.42. The Balaban J connectivity index is 1.42. The molecule has 0 bridgehead atoms. The second-order valence-electron chi connectivity index (χ2n) is 9.63. The fraction of sp³-hybridized carbons (Fsp3) is 0.250. The number of rotatable bonds is 3. The minimum Gasteiger partial charge on any atom is -0.338 e. The molecule has 1 unspecified atom stereocenters. The number of carbonyl (C=O) groups excluding carboxylic acids is 3. The van der Waals surface area contributed by atoms with Crippen LogP contribution in [-0.4, -0.2) is 53.2 Å². The van der Waals surface area contributed by atoms with Crippen molar-refractivity contribution in [3.8, 4) is 11.1 Å². The molecule has 0 radical (unpaired) electrons. The molecule has 1 N–H and O–H groups in total. The van der Waals surface area contributed by atoms with Crippen LogP contribution < -0.4 is 5.32 Å². The zero-order chi connectivity index (χ0) is 25.6. The molecule has 3 aromatic carbocycles. The van der Waals surface area contributed by atoms with Gasteiger partial charge in [-0.25, -0.2) is 4.39 Å². The van der Waals surface area contributed by atoms with Crippen molar-refractivity contribution in [2.24, 2.45) is 0 Å². The molecule has 3 amide bonds. The summed E-state index contributed by atoms with van der Waals surface area (Å²) in [6.45, 7) is 4.35. The van der Waals surface area contributed by atoms with E-state index in [0.29, 0.717) is 23.4 Å². The molecule has 0 saturated carbocycles. The van der Waals surface area contributed by atoms with Crippen molar-refractivity contribution in [3.63, 3.8) is 0 Å². The smallest absolute Gasteiger partial charge is 0.256 e. The van der Waals surface area contributed by atoms with E-state index in [1.165, 1.54) is 11.0 Å². The Kier molecular flexibility index (Phi) is 6.04. The van der Waals surface area contributed by atoms with E-state index in [9.17, 15) is 18.8 Å². The standard InChI is InChI=1S/C28H25ClFN3O3/c1-28(2,18-6-4-3-5-7-18)27(36)32-12-13-33-24(16-32)25(34)31-23-11-8-17(14-21(23)26(33)35)20-10-9-19(29)15-22(20)30/h3-11,14-15,24H,12-13,16H2,1-2H3,(H,31,34). The molecular formula is C28H25ClFN3O3. The predicted octanol–water partition coefficient (Wildman–Crippen LogP) is 4.73. The van der Waals surface area contributed by atoms with Gasteiger partial charge in [0.05, 0.1) is 23.2 Å². The summed E-state index contributed by atoms with van der Waals surface area (Å²) in [4.78, 5) is 43.4. The molecule has 1 saturated heterocycles. The van der Waals surface area contributed by atoms with E-state index in [0.717, 1.165) is 5.56 Å². The number of carbonyl (C=O) groups is 3. The van der Waals surface area contributed by atoms with E-state index in [1.807, 2.05) is 44.2 Å². The van der Waals surface area contributed by atoms with Crippen molar-refractivity contribution in [3.05, 3.63) is 88.7 Å². The van der Waals surface area contributed by atoms with Gasteiger partial charge in [-0.3, -0.25) is 14.4 Å². The van der Waals surface area contributed by atoms with Crippen LogP contribution in [0.2, 0.25) is 5.02 Å². The van der Waals surface area contributed by atoms with Gasteiger partial charge in [0.1, 0.15) is 11.9 Å². The van der Waals surface area contributed by atoms with Gasteiger partial charge in [-0.05, 0) is 55.3 Å². The Morgan fingerprint density at radius 1 is 1.00 bits per heavy atom. The molecule has 0 aliphatic carbocycles. The summed E-state index contributed by atoms with van der Waals surface area (Å²) in [6.07, 6.45) is 0. The van der Waals surface area contributed by atoms with Gasteiger partial charge < -0.3 is 15.1 Å². The van der Waals surface area contributed by atoms with E-state index in [2.05, 4.69) is 5.32 Å². The highest BCUT2D eigenvalue weighted by Crippen LogP contribution is 2.33. The Morgan fingerprint density at radius 3 is 2.47 bits per heavy atom. The minimum atomic E-state index is -0.829. The molecule has 0 spiro atoms. The second-order valence-corrected chi connectivity index (χ2v) is 10.1. The number of fused-ring (bicyclic) bond motifs is 2. The van der Waals surface area contributed by atoms with Crippen LogP contribution in [0, 0.1) is 5.82 Å². The maximum absolute atomic E-state index is 14.5. The first kappa shape index (κ1) is 24.0. The lowest BCUT2D eigenvalue weighted by molar-refractivity contribution is -0.140. The Bertz CT molecular complexity index is 1380. The summed E-state index contributed by atoms with van der Waals surface area (Å²) in [5.74, 6) is -1.30. The van der Waals surface area contributed by atoms with E-state index < -0.39 is 17.3 Å². The van der Waals surface area contributed by atoms with Crippen molar-refractivity contribution in [1.29, 1.82) is 0 Å². The highest BCUT2D eigenvalue weighted by atomic mass is 35.5.